The number of carbonyl (C=O) groups excluding carboxylic acids is 2. The summed E-state index contributed by atoms with van der Waals surface area (Å²) in [6.07, 6.45) is 0. The fourth-order valence-electron chi connectivity index (χ4n) is 2.02. The predicted octanol–water partition coefficient (Wildman–Crippen LogP) is 0.349. The van der Waals surface area contributed by atoms with Crippen molar-refractivity contribution in [3.63, 3.8) is 0 Å². The molecule has 1 heterocycles. The Kier molecular flexibility index (Phi) is 5.57. The molecule has 0 radical (unpaired) electrons. The number of rotatable bonds is 6. The zero-order valence-corrected chi connectivity index (χ0v) is 12.1. The number of carbonyl (C=O) groups is 2. The zero-order chi connectivity index (χ0) is 15.1. The van der Waals surface area contributed by atoms with Crippen molar-refractivity contribution in [1.29, 1.82) is 0 Å². The van der Waals surface area contributed by atoms with Crippen molar-refractivity contribution in [2.45, 2.75) is 6.92 Å². The highest BCUT2D eigenvalue weighted by Crippen LogP contribution is 2.11. The quantitative estimate of drug-likeness (QED) is 0.821. The summed E-state index contributed by atoms with van der Waals surface area (Å²) in [5.74, 6) is 0.442. The van der Waals surface area contributed by atoms with Crippen molar-refractivity contribution in [1.82, 2.24) is 10.2 Å². The average Bonchev–Trinajstić information content (AvgIpc) is 2.47. The molecule has 2 amide bonds. The Morgan fingerprint density at radius 1 is 1.48 bits per heavy atom. The monoisotopic (exact) mass is 292 g/mol. The van der Waals surface area contributed by atoms with E-state index in [1.54, 1.807) is 4.90 Å². The van der Waals surface area contributed by atoms with Gasteiger partial charge in [0.15, 0.2) is 6.61 Å². The Balaban J connectivity index is 1.64. The van der Waals surface area contributed by atoms with Crippen LogP contribution < -0.4 is 10.1 Å². The van der Waals surface area contributed by atoms with E-state index in [1.807, 2.05) is 31.2 Å². The van der Waals surface area contributed by atoms with Crippen LogP contribution in [0.5, 0.6) is 5.75 Å². The summed E-state index contributed by atoms with van der Waals surface area (Å²) in [7, 11) is 0. The van der Waals surface area contributed by atoms with Crippen LogP contribution >= 0.6 is 0 Å². The number of amides is 2. The molecule has 114 valence electrons. The SMILES string of the molecule is Cc1cccc(OCC(=O)NCCN2CCOCC2=O)c1. The van der Waals surface area contributed by atoms with Crippen LogP contribution in [-0.2, 0) is 14.3 Å². The smallest absolute Gasteiger partial charge is 0.258 e. The maximum Gasteiger partial charge on any atom is 0.258 e. The molecule has 0 bridgehead atoms. The van der Waals surface area contributed by atoms with E-state index in [1.165, 1.54) is 0 Å². The number of benzene rings is 1. The third-order valence-corrected chi connectivity index (χ3v) is 3.15. The molecule has 0 aliphatic carbocycles. The fraction of sp³-hybridized carbons (Fsp3) is 0.467. The molecule has 1 aliphatic heterocycles. The van der Waals surface area contributed by atoms with Gasteiger partial charge >= 0.3 is 0 Å². The molecular weight excluding hydrogens is 272 g/mol. The molecule has 1 aromatic carbocycles. The lowest BCUT2D eigenvalue weighted by Crippen LogP contribution is -2.45. The molecule has 0 spiro atoms. The third-order valence-electron chi connectivity index (χ3n) is 3.15. The van der Waals surface area contributed by atoms with Gasteiger partial charge in [-0.25, -0.2) is 0 Å². The van der Waals surface area contributed by atoms with E-state index in [4.69, 9.17) is 9.47 Å². The number of aryl methyl sites for hydroxylation is 1. The lowest BCUT2D eigenvalue weighted by molar-refractivity contribution is -0.142. The molecular formula is C15H20N2O4. The van der Waals surface area contributed by atoms with Gasteiger partial charge in [-0.05, 0) is 24.6 Å². The topological polar surface area (TPSA) is 67.9 Å². The van der Waals surface area contributed by atoms with Crippen molar-refractivity contribution in [3.8, 4) is 5.75 Å². The van der Waals surface area contributed by atoms with E-state index in [2.05, 4.69) is 5.32 Å². The minimum absolute atomic E-state index is 0.0273. The molecule has 1 aliphatic rings. The van der Waals surface area contributed by atoms with E-state index in [0.717, 1.165) is 5.56 Å². The first-order chi connectivity index (χ1) is 10.1. The summed E-state index contributed by atoms with van der Waals surface area (Å²) in [5, 5.41) is 2.74. The van der Waals surface area contributed by atoms with Gasteiger partial charge in [-0.2, -0.15) is 0 Å². The molecule has 0 atom stereocenters. The first kappa shape index (κ1) is 15.3. The maximum absolute atomic E-state index is 11.7. The Bertz CT molecular complexity index is 504. The molecule has 0 saturated carbocycles. The average molecular weight is 292 g/mol. The molecule has 1 N–H and O–H groups in total. The highest BCUT2D eigenvalue weighted by molar-refractivity contribution is 5.79. The van der Waals surface area contributed by atoms with Gasteiger partial charge in [0, 0.05) is 19.6 Å². The van der Waals surface area contributed by atoms with Crippen LogP contribution in [0.2, 0.25) is 0 Å². The van der Waals surface area contributed by atoms with Crippen LogP contribution in [0, 0.1) is 6.92 Å². The van der Waals surface area contributed by atoms with E-state index in [0.29, 0.717) is 32.0 Å². The molecule has 0 aromatic heterocycles. The second kappa shape index (κ2) is 7.64. The summed E-state index contributed by atoms with van der Waals surface area (Å²) < 4.78 is 10.4. The van der Waals surface area contributed by atoms with Crippen LogP contribution in [0.15, 0.2) is 24.3 Å². The van der Waals surface area contributed by atoms with Crippen molar-refractivity contribution in [3.05, 3.63) is 29.8 Å². The second-order valence-corrected chi connectivity index (χ2v) is 4.89. The van der Waals surface area contributed by atoms with Gasteiger partial charge in [-0.3, -0.25) is 9.59 Å². The highest BCUT2D eigenvalue weighted by atomic mass is 16.5. The second-order valence-electron chi connectivity index (χ2n) is 4.89. The highest BCUT2D eigenvalue weighted by Gasteiger charge is 2.17. The van der Waals surface area contributed by atoms with Gasteiger partial charge < -0.3 is 19.7 Å². The Labute approximate surface area is 124 Å². The Hall–Kier alpha value is -2.08. The van der Waals surface area contributed by atoms with Crippen LogP contribution in [-0.4, -0.2) is 56.2 Å². The number of ether oxygens (including phenoxy) is 2. The summed E-state index contributed by atoms with van der Waals surface area (Å²) in [4.78, 5) is 24.8. The molecule has 1 saturated heterocycles. The van der Waals surface area contributed by atoms with Gasteiger partial charge in [0.1, 0.15) is 12.4 Å². The summed E-state index contributed by atoms with van der Waals surface area (Å²) in [6.45, 7) is 4.11. The number of nitrogens with zero attached hydrogens (tertiary/aromatic N) is 1. The van der Waals surface area contributed by atoms with Crippen LogP contribution in [0.1, 0.15) is 5.56 Å². The fourth-order valence-corrected chi connectivity index (χ4v) is 2.02. The maximum atomic E-state index is 11.7. The van der Waals surface area contributed by atoms with Crippen LogP contribution in [0.3, 0.4) is 0 Å². The van der Waals surface area contributed by atoms with E-state index in [9.17, 15) is 9.59 Å². The van der Waals surface area contributed by atoms with Gasteiger partial charge in [0.05, 0.1) is 6.61 Å². The van der Waals surface area contributed by atoms with Crippen molar-refractivity contribution < 1.29 is 19.1 Å². The molecule has 2 rings (SSSR count). The Morgan fingerprint density at radius 3 is 3.10 bits per heavy atom. The normalized spacial score (nSPS) is 14.9. The predicted molar refractivity (Wildman–Crippen MR) is 77.1 cm³/mol. The lowest BCUT2D eigenvalue weighted by atomic mass is 10.2. The number of hydrogen-bond acceptors (Lipinski definition) is 4. The number of nitrogens with one attached hydrogen (secondary N) is 1. The molecule has 6 heteroatoms. The number of morpholine rings is 1. The van der Waals surface area contributed by atoms with Gasteiger partial charge in [0.25, 0.3) is 5.91 Å². The third kappa shape index (κ3) is 5.07. The van der Waals surface area contributed by atoms with E-state index in [-0.39, 0.29) is 25.0 Å². The number of hydrogen-bond donors (Lipinski definition) is 1. The summed E-state index contributed by atoms with van der Waals surface area (Å²) >= 11 is 0. The van der Waals surface area contributed by atoms with Crippen LogP contribution in [0.4, 0.5) is 0 Å². The minimum Gasteiger partial charge on any atom is -0.484 e. The molecule has 1 fully saturated rings. The van der Waals surface area contributed by atoms with Crippen molar-refractivity contribution in [2.75, 3.05) is 39.5 Å². The van der Waals surface area contributed by atoms with Crippen molar-refractivity contribution >= 4 is 11.8 Å². The summed E-state index contributed by atoms with van der Waals surface area (Å²) in [5.41, 5.74) is 1.08. The van der Waals surface area contributed by atoms with Crippen LogP contribution in [0.25, 0.3) is 0 Å². The molecule has 1 aromatic rings. The Morgan fingerprint density at radius 2 is 2.33 bits per heavy atom. The van der Waals surface area contributed by atoms with Gasteiger partial charge in [-0.15, -0.1) is 0 Å². The van der Waals surface area contributed by atoms with Crippen molar-refractivity contribution in [2.24, 2.45) is 0 Å². The molecule has 21 heavy (non-hydrogen) atoms. The summed E-state index contributed by atoms with van der Waals surface area (Å²) in [6, 6.07) is 7.53. The first-order valence-corrected chi connectivity index (χ1v) is 6.97. The molecule has 0 unspecified atom stereocenters. The minimum atomic E-state index is -0.197. The standard InChI is InChI=1S/C15H20N2O4/c1-12-3-2-4-13(9-12)21-10-14(18)16-5-6-17-7-8-20-11-15(17)19/h2-4,9H,5-8,10-11H2,1H3,(H,16,18). The molecule has 6 nitrogen and oxygen atoms in total. The first-order valence-electron chi connectivity index (χ1n) is 6.97. The van der Waals surface area contributed by atoms with E-state index >= 15 is 0 Å². The van der Waals surface area contributed by atoms with E-state index < -0.39 is 0 Å². The largest absolute Gasteiger partial charge is 0.484 e. The lowest BCUT2D eigenvalue weighted by Gasteiger charge is -2.26. The zero-order valence-electron chi connectivity index (χ0n) is 12.1. The van der Waals surface area contributed by atoms with Gasteiger partial charge in [-0.1, -0.05) is 12.1 Å². The van der Waals surface area contributed by atoms with Gasteiger partial charge in [0.2, 0.25) is 5.91 Å².